The van der Waals surface area contributed by atoms with E-state index < -0.39 is 26.6 Å². The van der Waals surface area contributed by atoms with Crippen LogP contribution in [0.2, 0.25) is 19.6 Å². The van der Waals surface area contributed by atoms with E-state index in [4.69, 9.17) is 14.9 Å². The van der Waals surface area contributed by atoms with Gasteiger partial charge in [0.1, 0.15) is 5.58 Å². The van der Waals surface area contributed by atoms with E-state index in [2.05, 4.69) is 74.0 Å². The third kappa shape index (κ3) is 7.27. The molecule has 0 aliphatic heterocycles. The molecule has 4 aromatic carbocycles. The Kier molecular flexibility index (Phi) is 9.02. The quantitative estimate of drug-likeness (QED) is 0.128. The van der Waals surface area contributed by atoms with E-state index in [9.17, 15) is 4.39 Å². The van der Waals surface area contributed by atoms with E-state index in [0.717, 1.165) is 55.6 Å². The molecule has 0 unspecified atom stereocenters. The first-order valence-corrected chi connectivity index (χ1v) is 19.1. The van der Waals surface area contributed by atoms with Crippen LogP contribution in [0.3, 0.4) is 0 Å². The van der Waals surface area contributed by atoms with Crippen molar-refractivity contribution in [3.63, 3.8) is 0 Å². The van der Waals surface area contributed by atoms with Gasteiger partial charge in [-0.05, 0) is 46.6 Å². The van der Waals surface area contributed by atoms with Gasteiger partial charge in [0.2, 0.25) is 0 Å². The van der Waals surface area contributed by atoms with Gasteiger partial charge in [-0.3, -0.25) is 4.39 Å². The van der Waals surface area contributed by atoms with Gasteiger partial charge in [-0.1, -0.05) is 123 Å². The summed E-state index contributed by atoms with van der Waals surface area (Å²) in [7, 11) is -1.72. The third-order valence-electron chi connectivity index (χ3n) is 8.19. The second-order valence-corrected chi connectivity index (χ2v) is 18.0. The summed E-state index contributed by atoms with van der Waals surface area (Å²) in [6.07, 6.45) is 3.67. The summed E-state index contributed by atoms with van der Waals surface area (Å²) < 4.78 is 51.1. The molecule has 0 saturated carbocycles. The molecule has 1 radical (unpaired) electrons. The molecule has 0 saturated heterocycles. The van der Waals surface area contributed by atoms with Crippen LogP contribution < -0.4 is 5.19 Å². The molecular formula is C42H39FIrN2OSi-2. The molecule has 48 heavy (non-hydrogen) atoms. The van der Waals surface area contributed by atoms with E-state index in [1.165, 1.54) is 17.2 Å². The van der Waals surface area contributed by atoms with Gasteiger partial charge in [0, 0.05) is 54.7 Å². The van der Waals surface area contributed by atoms with E-state index >= 15 is 0 Å². The fourth-order valence-electron chi connectivity index (χ4n) is 5.76. The predicted octanol–water partition coefficient (Wildman–Crippen LogP) is 11.1. The average Bonchev–Trinajstić information content (AvgIpc) is 3.46. The standard InChI is InChI=1S/C24H16NO.C18H23FNSi.Ir/c1-16-14-22(25-15-21(16)17-8-3-2-4-9-17)20-12-7-11-19-18-10-5-6-13-23(18)26-24(19)20;1-12(2)15-10-17(20-11-18(15)21(4,5)6)14-8-7-13(3)9-16(14)19;/h2-11,13-15H,1H3;7,9-12H,1-6H3;/q2*-1;/i;3D3,12D;. The molecule has 0 bridgehead atoms. The van der Waals surface area contributed by atoms with Crippen LogP contribution in [0.5, 0.6) is 0 Å². The largest absolute Gasteiger partial charge is 0.501 e. The Balaban J connectivity index is 0.000000198. The molecule has 3 nitrogen and oxygen atoms in total. The summed E-state index contributed by atoms with van der Waals surface area (Å²) in [4.78, 5) is 9.10. The van der Waals surface area contributed by atoms with Gasteiger partial charge in [-0.2, -0.15) is 0 Å². The summed E-state index contributed by atoms with van der Waals surface area (Å²) in [6, 6.07) is 34.6. The predicted molar refractivity (Wildman–Crippen MR) is 196 cm³/mol. The van der Waals surface area contributed by atoms with Gasteiger partial charge in [-0.25, -0.2) is 0 Å². The molecule has 6 heteroatoms. The molecule has 0 amide bonds. The molecule has 3 aromatic heterocycles. The fourth-order valence-corrected chi connectivity index (χ4v) is 7.34. The Labute approximate surface area is 303 Å². The van der Waals surface area contributed by atoms with Crippen LogP contribution in [0.4, 0.5) is 4.39 Å². The summed E-state index contributed by atoms with van der Waals surface area (Å²) in [6.45, 7) is 9.87. The Hall–Kier alpha value is -4.22. The first kappa shape index (κ1) is 29.9. The Morgan fingerprint density at radius 3 is 2.25 bits per heavy atom. The summed E-state index contributed by atoms with van der Waals surface area (Å²) in [5, 5.41) is 3.28. The minimum absolute atomic E-state index is 0. The van der Waals surface area contributed by atoms with Crippen LogP contribution in [0.15, 0.2) is 108 Å². The van der Waals surface area contributed by atoms with Crippen LogP contribution in [-0.4, -0.2) is 18.0 Å². The number of nitrogens with zero attached hydrogens (tertiary/aromatic N) is 2. The maximum Gasteiger partial charge on any atom is 0.120 e. The van der Waals surface area contributed by atoms with Crippen molar-refractivity contribution in [1.82, 2.24) is 9.97 Å². The van der Waals surface area contributed by atoms with Crippen molar-refractivity contribution in [2.75, 3.05) is 0 Å². The zero-order chi connectivity index (χ0) is 36.7. The van der Waals surface area contributed by atoms with Crippen molar-refractivity contribution in [3.05, 3.63) is 138 Å². The molecule has 0 N–H and O–H groups in total. The van der Waals surface area contributed by atoms with Crippen molar-refractivity contribution >= 4 is 35.2 Å². The normalized spacial score (nSPS) is 13.1. The van der Waals surface area contributed by atoms with Crippen molar-refractivity contribution in [1.29, 1.82) is 0 Å². The second-order valence-electron chi connectivity index (χ2n) is 12.9. The minimum Gasteiger partial charge on any atom is -0.501 e. The van der Waals surface area contributed by atoms with Gasteiger partial charge in [0.05, 0.1) is 13.7 Å². The fraction of sp³-hybridized carbons (Fsp3) is 0.190. The van der Waals surface area contributed by atoms with Crippen LogP contribution in [0, 0.1) is 31.7 Å². The summed E-state index contributed by atoms with van der Waals surface area (Å²) in [5.41, 5.74) is 8.25. The van der Waals surface area contributed by atoms with Crippen LogP contribution in [-0.2, 0) is 20.1 Å². The van der Waals surface area contributed by atoms with E-state index in [-0.39, 0.29) is 31.2 Å². The maximum atomic E-state index is 14.5. The number of rotatable bonds is 5. The molecule has 7 aromatic rings. The number of aromatic nitrogens is 2. The van der Waals surface area contributed by atoms with Gasteiger partial charge in [0.15, 0.2) is 0 Å². The topological polar surface area (TPSA) is 38.9 Å². The molecule has 3 heterocycles. The molecular weight excluding hydrogens is 788 g/mol. The number of pyridine rings is 2. The van der Waals surface area contributed by atoms with Gasteiger partial charge < -0.3 is 14.4 Å². The molecule has 0 aliphatic carbocycles. The molecule has 0 spiro atoms. The molecule has 0 fully saturated rings. The van der Waals surface area contributed by atoms with E-state index in [1.807, 2.05) is 48.7 Å². The second kappa shape index (κ2) is 14.5. The van der Waals surface area contributed by atoms with Gasteiger partial charge >= 0.3 is 0 Å². The zero-order valence-electron chi connectivity index (χ0n) is 31.8. The van der Waals surface area contributed by atoms with E-state index in [0.29, 0.717) is 5.69 Å². The number of halogens is 1. The van der Waals surface area contributed by atoms with Crippen molar-refractivity contribution in [2.45, 2.75) is 53.2 Å². The SMILES string of the molecule is Cc1cc(-c2[c-]ccc3c2oc2ccccc23)ncc1-c1ccccc1.[2H]C([2H])([2H])c1c[c-]c(-c2cc(C([2H])(C)C)c([Si](C)(C)C)cn2)c(F)c1.[Ir]. The number of furan rings is 1. The van der Waals surface area contributed by atoms with Gasteiger partial charge in [-0.15, -0.1) is 42.0 Å². The number of hydrogen-bond donors (Lipinski definition) is 0. The van der Waals surface area contributed by atoms with Crippen LogP contribution >= 0.6 is 0 Å². The molecule has 0 atom stereocenters. The summed E-state index contributed by atoms with van der Waals surface area (Å²) >= 11 is 0. The third-order valence-corrected chi connectivity index (χ3v) is 10.2. The van der Waals surface area contributed by atoms with Crippen LogP contribution in [0.1, 0.15) is 41.9 Å². The number of benzene rings is 4. The van der Waals surface area contributed by atoms with Crippen molar-refractivity contribution in [3.8, 4) is 33.6 Å². The monoisotopic (exact) mass is 831 g/mol. The molecule has 245 valence electrons. The molecule has 7 rings (SSSR count). The van der Waals surface area contributed by atoms with Crippen molar-refractivity contribution < 1.29 is 34.4 Å². The minimum atomic E-state index is -2.38. The first-order valence-electron chi connectivity index (χ1n) is 17.6. The summed E-state index contributed by atoms with van der Waals surface area (Å²) in [5.74, 6) is -1.52. The van der Waals surface area contributed by atoms with Gasteiger partial charge in [0.25, 0.3) is 0 Å². The maximum absolute atomic E-state index is 14.5. The van der Waals surface area contributed by atoms with Crippen molar-refractivity contribution in [2.24, 2.45) is 0 Å². The van der Waals surface area contributed by atoms with E-state index in [1.54, 1.807) is 26.1 Å². The zero-order valence-corrected chi connectivity index (χ0v) is 31.2. The number of fused-ring (bicyclic) bond motifs is 3. The number of hydrogen-bond acceptors (Lipinski definition) is 3. The number of para-hydroxylation sites is 1. The Morgan fingerprint density at radius 2 is 1.56 bits per heavy atom. The van der Waals surface area contributed by atoms with Crippen LogP contribution in [0.25, 0.3) is 55.6 Å². The Bertz CT molecular complexity index is 2360. The Morgan fingerprint density at radius 1 is 0.854 bits per heavy atom. The number of aryl methyl sites for hydroxylation is 2. The first-order chi connectivity index (χ1) is 24.0. The average molecular weight is 831 g/mol. The molecule has 0 aliphatic rings. The smallest absolute Gasteiger partial charge is 0.120 e.